The average molecular weight is 276 g/mol. The normalized spacial score (nSPS) is 29.7. The quantitative estimate of drug-likeness (QED) is 0.806. The minimum atomic E-state index is -3.16. The molecule has 18 heavy (non-hydrogen) atoms. The van der Waals surface area contributed by atoms with Crippen LogP contribution in [0.5, 0.6) is 0 Å². The molecule has 2 unspecified atom stereocenters. The van der Waals surface area contributed by atoms with E-state index in [1.165, 1.54) is 6.42 Å². The first-order chi connectivity index (χ1) is 8.41. The molecule has 0 amide bonds. The van der Waals surface area contributed by atoms with Crippen molar-refractivity contribution in [3.63, 3.8) is 0 Å². The highest BCUT2D eigenvalue weighted by Gasteiger charge is 2.43. The molecule has 1 saturated carbocycles. The second kappa shape index (κ2) is 6.35. The Balaban J connectivity index is 3.07. The summed E-state index contributed by atoms with van der Waals surface area (Å²) in [6.07, 6.45) is 4.93. The minimum absolute atomic E-state index is 0.170. The van der Waals surface area contributed by atoms with Crippen LogP contribution in [0.4, 0.5) is 0 Å². The number of nitrogens with zero attached hydrogens (tertiary/aromatic N) is 1. The second-order valence-electron chi connectivity index (χ2n) is 5.60. The first-order valence-corrected chi connectivity index (χ1v) is 8.73. The molecule has 5 heteroatoms. The fourth-order valence-corrected chi connectivity index (χ4v) is 4.78. The van der Waals surface area contributed by atoms with Crippen LogP contribution in [0, 0.1) is 5.92 Å². The fraction of sp³-hybridized carbons (Fsp3) is 1.00. The van der Waals surface area contributed by atoms with Gasteiger partial charge in [-0.2, -0.15) is 4.31 Å². The summed E-state index contributed by atoms with van der Waals surface area (Å²) in [6, 6.07) is 0. The zero-order chi connectivity index (χ0) is 13.8. The third-order valence-corrected chi connectivity index (χ3v) is 6.07. The predicted octanol–water partition coefficient (Wildman–Crippen LogP) is 1.96. The minimum Gasteiger partial charge on any atom is -0.329 e. The van der Waals surface area contributed by atoms with E-state index in [1.807, 2.05) is 6.92 Å². The van der Waals surface area contributed by atoms with Crippen LogP contribution in [-0.2, 0) is 10.0 Å². The molecule has 108 valence electrons. The van der Waals surface area contributed by atoms with Crippen LogP contribution in [-0.4, -0.2) is 37.1 Å². The lowest BCUT2D eigenvalue weighted by Crippen LogP contribution is -2.58. The number of nitrogens with two attached hydrogens (primary N) is 1. The molecule has 0 saturated heterocycles. The zero-order valence-electron chi connectivity index (χ0n) is 12.0. The molecule has 0 spiro atoms. The smallest absolute Gasteiger partial charge is 0.214 e. The van der Waals surface area contributed by atoms with Gasteiger partial charge in [-0.25, -0.2) is 8.42 Å². The monoisotopic (exact) mass is 276 g/mol. The number of hydrogen-bond acceptors (Lipinski definition) is 3. The van der Waals surface area contributed by atoms with Gasteiger partial charge >= 0.3 is 0 Å². The molecule has 2 atom stereocenters. The van der Waals surface area contributed by atoms with Crippen LogP contribution >= 0.6 is 0 Å². The average Bonchev–Trinajstić information content (AvgIpc) is 2.35. The molecular weight excluding hydrogens is 248 g/mol. The molecule has 0 radical (unpaired) electrons. The van der Waals surface area contributed by atoms with Crippen molar-refractivity contribution in [1.82, 2.24) is 4.31 Å². The maximum atomic E-state index is 12.3. The summed E-state index contributed by atoms with van der Waals surface area (Å²) in [5, 5.41) is 0. The molecule has 1 aliphatic rings. The Morgan fingerprint density at radius 1 is 1.39 bits per heavy atom. The largest absolute Gasteiger partial charge is 0.329 e. The van der Waals surface area contributed by atoms with E-state index in [0.717, 1.165) is 25.7 Å². The molecule has 2 N–H and O–H groups in total. The van der Waals surface area contributed by atoms with Crippen LogP contribution in [0.25, 0.3) is 0 Å². The lowest BCUT2D eigenvalue weighted by Gasteiger charge is -2.46. The van der Waals surface area contributed by atoms with Gasteiger partial charge in [0, 0.05) is 18.6 Å². The predicted molar refractivity (Wildman–Crippen MR) is 75.9 cm³/mol. The van der Waals surface area contributed by atoms with E-state index >= 15 is 0 Å². The Labute approximate surface area is 112 Å². The summed E-state index contributed by atoms with van der Waals surface area (Å²) in [4.78, 5) is 0. The zero-order valence-corrected chi connectivity index (χ0v) is 12.8. The molecule has 0 aromatic rings. The van der Waals surface area contributed by atoms with E-state index in [2.05, 4.69) is 6.92 Å². The standard InChI is InChI=1S/C13H28N2O2S/c1-4-9-15(18(16,17)5-2)13(11-14)8-6-7-12(3)10-13/h12H,4-11,14H2,1-3H3. The van der Waals surface area contributed by atoms with Gasteiger partial charge in [0.15, 0.2) is 0 Å². The maximum Gasteiger partial charge on any atom is 0.214 e. The molecule has 0 bridgehead atoms. The Morgan fingerprint density at radius 3 is 2.50 bits per heavy atom. The molecule has 4 nitrogen and oxygen atoms in total. The lowest BCUT2D eigenvalue weighted by atomic mass is 9.76. The maximum absolute atomic E-state index is 12.3. The SMILES string of the molecule is CCCN(C1(CN)CCCC(C)C1)S(=O)(=O)CC. The lowest BCUT2D eigenvalue weighted by molar-refractivity contribution is 0.109. The molecule has 1 rings (SSSR count). The first-order valence-electron chi connectivity index (χ1n) is 7.12. The summed E-state index contributed by atoms with van der Waals surface area (Å²) in [5.74, 6) is 0.733. The highest BCUT2D eigenvalue weighted by Crippen LogP contribution is 2.37. The van der Waals surface area contributed by atoms with Crippen LogP contribution in [0.2, 0.25) is 0 Å². The number of sulfonamides is 1. The van der Waals surface area contributed by atoms with Crippen molar-refractivity contribution in [2.45, 2.75) is 58.4 Å². The fourth-order valence-electron chi connectivity index (χ4n) is 3.18. The molecule has 1 aliphatic carbocycles. The summed E-state index contributed by atoms with van der Waals surface area (Å²) in [7, 11) is -3.16. The van der Waals surface area contributed by atoms with Crippen molar-refractivity contribution in [3.05, 3.63) is 0 Å². The highest BCUT2D eigenvalue weighted by atomic mass is 32.2. The van der Waals surface area contributed by atoms with Crippen molar-refractivity contribution in [3.8, 4) is 0 Å². The molecule has 0 aromatic carbocycles. The van der Waals surface area contributed by atoms with Crippen molar-refractivity contribution in [2.24, 2.45) is 11.7 Å². The number of hydrogen-bond donors (Lipinski definition) is 1. The summed E-state index contributed by atoms with van der Waals surface area (Å²) in [5.41, 5.74) is 5.65. The third-order valence-electron chi connectivity index (χ3n) is 4.10. The van der Waals surface area contributed by atoms with E-state index in [-0.39, 0.29) is 11.3 Å². The van der Waals surface area contributed by atoms with E-state index in [9.17, 15) is 8.42 Å². The van der Waals surface area contributed by atoms with Gasteiger partial charge < -0.3 is 5.73 Å². The summed E-state index contributed by atoms with van der Waals surface area (Å²) in [6.45, 7) is 6.98. The van der Waals surface area contributed by atoms with Crippen molar-refractivity contribution < 1.29 is 8.42 Å². The van der Waals surface area contributed by atoms with E-state index < -0.39 is 10.0 Å². The summed E-state index contributed by atoms with van der Waals surface area (Å²) < 4.78 is 26.4. The third kappa shape index (κ3) is 3.25. The second-order valence-corrected chi connectivity index (χ2v) is 7.78. The number of rotatable bonds is 6. The summed E-state index contributed by atoms with van der Waals surface area (Å²) >= 11 is 0. The van der Waals surface area contributed by atoms with Crippen LogP contribution in [0.3, 0.4) is 0 Å². The van der Waals surface area contributed by atoms with Crippen LogP contribution in [0.1, 0.15) is 52.9 Å². The van der Waals surface area contributed by atoms with Gasteiger partial charge in [0.2, 0.25) is 10.0 Å². The van der Waals surface area contributed by atoms with E-state index in [4.69, 9.17) is 5.73 Å². The van der Waals surface area contributed by atoms with Gasteiger partial charge in [0.25, 0.3) is 0 Å². The van der Waals surface area contributed by atoms with Gasteiger partial charge in [-0.3, -0.25) is 0 Å². The van der Waals surface area contributed by atoms with Crippen molar-refractivity contribution in [2.75, 3.05) is 18.8 Å². The van der Waals surface area contributed by atoms with Crippen LogP contribution < -0.4 is 5.73 Å². The Hall–Kier alpha value is -0.130. The Morgan fingerprint density at radius 2 is 2.06 bits per heavy atom. The van der Waals surface area contributed by atoms with Gasteiger partial charge in [0.05, 0.1) is 5.75 Å². The van der Waals surface area contributed by atoms with Gasteiger partial charge in [-0.1, -0.05) is 26.7 Å². The molecule has 0 aliphatic heterocycles. The topological polar surface area (TPSA) is 63.4 Å². The highest BCUT2D eigenvalue weighted by molar-refractivity contribution is 7.89. The van der Waals surface area contributed by atoms with Gasteiger partial charge in [0.1, 0.15) is 0 Å². The Bertz CT molecular complexity index is 356. The van der Waals surface area contributed by atoms with Crippen molar-refractivity contribution >= 4 is 10.0 Å². The van der Waals surface area contributed by atoms with Crippen molar-refractivity contribution in [1.29, 1.82) is 0 Å². The molecule has 0 heterocycles. The molecular formula is C13H28N2O2S. The van der Waals surface area contributed by atoms with E-state index in [0.29, 0.717) is 19.0 Å². The van der Waals surface area contributed by atoms with E-state index in [1.54, 1.807) is 11.2 Å². The van der Waals surface area contributed by atoms with Gasteiger partial charge in [-0.15, -0.1) is 0 Å². The molecule has 0 aromatic heterocycles. The van der Waals surface area contributed by atoms with Crippen LogP contribution in [0.15, 0.2) is 0 Å². The molecule has 1 fully saturated rings. The Kier molecular flexibility index (Phi) is 5.62. The first kappa shape index (κ1) is 15.9. The van der Waals surface area contributed by atoms with Gasteiger partial charge in [-0.05, 0) is 32.1 Å².